The van der Waals surface area contributed by atoms with Gasteiger partial charge in [-0.05, 0) is 88.9 Å². The van der Waals surface area contributed by atoms with Crippen LogP contribution in [0.1, 0.15) is 0 Å². The van der Waals surface area contributed by atoms with E-state index in [1.165, 1.54) is 76.8 Å². The summed E-state index contributed by atoms with van der Waals surface area (Å²) >= 11 is 3.84. The van der Waals surface area contributed by atoms with Gasteiger partial charge in [0.25, 0.3) is 0 Å². The Labute approximate surface area is 268 Å². The van der Waals surface area contributed by atoms with E-state index >= 15 is 0 Å². The summed E-state index contributed by atoms with van der Waals surface area (Å²) in [6.45, 7) is 5.12. The summed E-state index contributed by atoms with van der Waals surface area (Å²) in [4.78, 5) is 0. The van der Waals surface area contributed by atoms with Crippen molar-refractivity contribution in [3.05, 3.63) is 156 Å². The van der Waals surface area contributed by atoms with Gasteiger partial charge in [0.1, 0.15) is 8.07 Å². The second kappa shape index (κ2) is 10.6. The number of benzene rings is 7. The Morgan fingerprint density at radius 1 is 0.432 bits per heavy atom. The molecule has 1 heterocycles. The van der Waals surface area contributed by atoms with Crippen molar-refractivity contribution in [2.45, 2.75) is 13.1 Å². The first-order chi connectivity index (χ1) is 21.5. The zero-order chi connectivity index (χ0) is 29.8. The van der Waals surface area contributed by atoms with Crippen molar-refractivity contribution in [2.75, 3.05) is 0 Å². The topological polar surface area (TPSA) is 0 Å². The Bertz CT molecular complexity index is 2180. The molecule has 0 aromatic heterocycles. The highest BCUT2D eigenvalue weighted by atomic mass is 79.9. The van der Waals surface area contributed by atoms with Crippen molar-refractivity contribution in [1.82, 2.24) is 0 Å². The van der Waals surface area contributed by atoms with Gasteiger partial charge in [-0.1, -0.05) is 169 Å². The van der Waals surface area contributed by atoms with E-state index in [2.05, 4.69) is 181 Å². The lowest BCUT2D eigenvalue weighted by molar-refractivity contribution is 1.53. The van der Waals surface area contributed by atoms with E-state index in [-0.39, 0.29) is 0 Å². The van der Waals surface area contributed by atoms with Crippen LogP contribution in [0.25, 0.3) is 66.4 Å². The molecule has 7 aromatic carbocycles. The number of hydrogen-bond donors (Lipinski definition) is 0. The molecule has 0 unspecified atom stereocenters. The molecular weight excluding hydrogens is 612 g/mol. The first-order valence-electron chi connectivity index (χ1n) is 15.2. The monoisotopic (exact) mass is 642 g/mol. The van der Waals surface area contributed by atoms with Gasteiger partial charge in [-0.15, -0.1) is 0 Å². The summed E-state index contributed by atoms with van der Waals surface area (Å²) in [5.74, 6) is 0. The number of halogens is 1. The summed E-state index contributed by atoms with van der Waals surface area (Å²) < 4.78 is 1.09. The van der Waals surface area contributed by atoms with Gasteiger partial charge in [-0.2, -0.15) is 0 Å². The molecule has 0 atom stereocenters. The normalized spacial score (nSPS) is 13.1. The minimum absolute atomic E-state index is 1.09. The van der Waals surface area contributed by atoms with Gasteiger partial charge in [0.05, 0.1) is 0 Å². The van der Waals surface area contributed by atoms with Crippen molar-refractivity contribution >= 4 is 45.1 Å². The fraction of sp³-hybridized carbons (Fsp3) is 0.0476. The van der Waals surface area contributed by atoms with Crippen LogP contribution in [-0.2, 0) is 0 Å². The van der Waals surface area contributed by atoms with Crippen molar-refractivity contribution in [3.8, 4) is 55.6 Å². The molecule has 1 aliphatic rings. The van der Waals surface area contributed by atoms with Crippen LogP contribution in [0.3, 0.4) is 0 Å². The minimum atomic E-state index is -2.27. The molecule has 0 saturated heterocycles. The summed E-state index contributed by atoms with van der Waals surface area (Å²) in [6, 6.07) is 55.9. The smallest absolute Gasteiger partial charge is 0.0622 e. The SMILES string of the molecule is C[Si]1(C)c2c(-c3cccc(Br)c3)c(-c3ccccc3)c(-c3ccccc3)c(-c3ccccc3)c2-c2cccc3cccc1c23. The van der Waals surface area contributed by atoms with E-state index in [0.29, 0.717) is 0 Å². The first kappa shape index (κ1) is 27.1. The highest BCUT2D eigenvalue weighted by Gasteiger charge is 2.41. The van der Waals surface area contributed by atoms with E-state index in [4.69, 9.17) is 0 Å². The van der Waals surface area contributed by atoms with Gasteiger partial charge >= 0.3 is 0 Å². The van der Waals surface area contributed by atoms with Crippen LogP contribution in [0.2, 0.25) is 13.1 Å². The average molecular weight is 644 g/mol. The van der Waals surface area contributed by atoms with Gasteiger partial charge in [0.2, 0.25) is 0 Å². The second-order valence-corrected chi connectivity index (χ2v) is 17.4. The Morgan fingerprint density at radius 3 is 1.48 bits per heavy atom. The third-order valence-electron chi connectivity index (χ3n) is 9.27. The minimum Gasteiger partial charge on any atom is -0.0622 e. The zero-order valence-corrected chi connectivity index (χ0v) is 27.4. The van der Waals surface area contributed by atoms with Crippen LogP contribution >= 0.6 is 15.9 Å². The fourth-order valence-electron chi connectivity index (χ4n) is 7.46. The van der Waals surface area contributed by atoms with Gasteiger partial charge in [0, 0.05) is 4.47 Å². The van der Waals surface area contributed by atoms with Crippen molar-refractivity contribution in [3.63, 3.8) is 0 Å². The zero-order valence-electron chi connectivity index (χ0n) is 24.8. The largest absolute Gasteiger partial charge is 0.114 e. The van der Waals surface area contributed by atoms with Gasteiger partial charge in [0.15, 0.2) is 0 Å². The maximum atomic E-state index is 3.84. The molecule has 0 aliphatic carbocycles. The maximum absolute atomic E-state index is 3.84. The molecule has 7 aromatic rings. The van der Waals surface area contributed by atoms with Crippen LogP contribution in [0, 0.1) is 0 Å². The van der Waals surface area contributed by atoms with Crippen LogP contribution in [-0.4, -0.2) is 8.07 Å². The number of fused-ring (bicyclic) bond motifs is 2. The highest BCUT2D eigenvalue weighted by Crippen LogP contribution is 2.52. The second-order valence-electron chi connectivity index (χ2n) is 12.2. The van der Waals surface area contributed by atoms with Crippen LogP contribution in [0.5, 0.6) is 0 Å². The third-order valence-corrected chi connectivity index (χ3v) is 13.3. The summed E-state index contributed by atoms with van der Waals surface area (Å²) in [7, 11) is -2.27. The van der Waals surface area contributed by atoms with E-state index in [0.717, 1.165) is 4.47 Å². The maximum Gasteiger partial charge on any atom is 0.114 e. The molecule has 0 nitrogen and oxygen atoms in total. The summed E-state index contributed by atoms with van der Waals surface area (Å²) in [5.41, 5.74) is 13.0. The molecule has 1 aliphatic heterocycles. The predicted molar refractivity (Wildman–Crippen MR) is 196 cm³/mol. The molecule has 44 heavy (non-hydrogen) atoms. The van der Waals surface area contributed by atoms with E-state index in [9.17, 15) is 0 Å². The standard InChI is InChI=1S/C42H31BrSi/c1-44(2)35-26-14-22-28-21-13-25-34(36(28)35)41-39(31-19-10-5-11-20-31)37(29-15-6-3-7-16-29)38(30-17-8-4-9-18-30)40(42(41)44)32-23-12-24-33(43)27-32/h3-27H,1-2H3. The third kappa shape index (κ3) is 4.17. The Hall–Kier alpha value is -4.50. The number of rotatable bonds is 4. The lowest BCUT2D eigenvalue weighted by atomic mass is 9.78. The van der Waals surface area contributed by atoms with Crippen molar-refractivity contribution < 1.29 is 0 Å². The average Bonchev–Trinajstić information content (AvgIpc) is 3.07. The van der Waals surface area contributed by atoms with Gasteiger partial charge < -0.3 is 0 Å². The van der Waals surface area contributed by atoms with E-state index in [1.54, 1.807) is 0 Å². The molecule has 0 fully saturated rings. The van der Waals surface area contributed by atoms with E-state index in [1.807, 2.05) is 0 Å². The summed E-state index contributed by atoms with van der Waals surface area (Å²) in [5, 5.41) is 5.77. The Morgan fingerprint density at radius 2 is 0.909 bits per heavy atom. The molecule has 0 spiro atoms. The van der Waals surface area contributed by atoms with Gasteiger partial charge in [-0.3, -0.25) is 0 Å². The fourth-order valence-corrected chi connectivity index (χ4v) is 11.3. The van der Waals surface area contributed by atoms with Crippen LogP contribution in [0.15, 0.2) is 156 Å². The predicted octanol–water partition coefficient (Wildman–Crippen LogP) is 11.1. The molecule has 0 saturated carbocycles. The molecule has 0 N–H and O–H groups in total. The molecule has 0 amide bonds. The molecule has 2 heteroatoms. The number of hydrogen-bond acceptors (Lipinski definition) is 0. The highest BCUT2D eigenvalue weighted by molar-refractivity contribution is 9.10. The Balaban J connectivity index is 1.72. The van der Waals surface area contributed by atoms with Gasteiger partial charge in [-0.25, -0.2) is 0 Å². The Kier molecular flexibility index (Phi) is 6.52. The molecule has 0 radical (unpaired) electrons. The van der Waals surface area contributed by atoms with Crippen molar-refractivity contribution in [1.29, 1.82) is 0 Å². The molecule has 0 bridgehead atoms. The van der Waals surface area contributed by atoms with Crippen molar-refractivity contribution in [2.24, 2.45) is 0 Å². The lowest BCUT2D eigenvalue weighted by Gasteiger charge is -2.39. The molecule has 210 valence electrons. The van der Waals surface area contributed by atoms with Crippen LogP contribution < -0.4 is 10.4 Å². The summed E-state index contributed by atoms with van der Waals surface area (Å²) in [6.07, 6.45) is 0. The molecular formula is C42H31BrSi. The van der Waals surface area contributed by atoms with E-state index < -0.39 is 8.07 Å². The van der Waals surface area contributed by atoms with Crippen LogP contribution in [0.4, 0.5) is 0 Å². The first-order valence-corrected chi connectivity index (χ1v) is 19.0. The quantitative estimate of drug-likeness (QED) is 0.168. The lowest BCUT2D eigenvalue weighted by Crippen LogP contribution is -2.57. The molecule has 8 rings (SSSR count).